The van der Waals surface area contributed by atoms with Crippen LogP contribution >= 0.6 is 0 Å². The summed E-state index contributed by atoms with van der Waals surface area (Å²) in [7, 11) is 0. The molecule has 0 radical (unpaired) electrons. The van der Waals surface area contributed by atoms with Gasteiger partial charge in [0, 0.05) is 45.8 Å². The lowest BCUT2D eigenvalue weighted by Gasteiger charge is -2.59. The molecule has 4 aliphatic rings. The maximum Gasteiger partial charge on any atom is 0.144 e. The van der Waals surface area contributed by atoms with Gasteiger partial charge in [0.1, 0.15) is 5.79 Å². The van der Waals surface area contributed by atoms with Gasteiger partial charge in [-0.05, 0) is 44.9 Å². The molecule has 1 unspecified atom stereocenters. The highest BCUT2D eigenvalue weighted by molar-refractivity contribution is 4.94. The maximum atomic E-state index is 5.72. The van der Waals surface area contributed by atoms with Crippen LogP contribution < -0.4 is 0 Å². The highest BCUT2D eigenvalue weighted by atomic mass is 16.5. The number of hydrogen-bond acceptors (Lipinski definition) is 5. The Balaban J connectivity index is 1.68. The van der Waals surface area contributed by atoms with Gasteiger partial charge in [0.05, 0.1) is 13.2 Å². The first-order chi connectivity index (χ1) is 11.9. The smallest absolute Gasteiger partial charge is 0.144 e. The number of rotatable bonds is 3. The van der Waals surface area contributed by atoms with Crippen LogP contribution in [0.2, 0.25) is 0 Å². The van der Waals surface area contributed by atoms with Gasteiger partial charge in [-0.3, -0.25) is 9.80 Å². The zero-order chi connectivity index (χ0) is 16.2. The predicted octanol–water partition coefficient (Wildman–Crippen LogP) is 2.35. The van der Waals surface area contributed by atoms with Crippen molar-refractivity contribution in [3.63, 3.8) is 0 Å². The Hall–Kier alpha value is -0.200. The van der Waals surface area contributed by atoms with E-state index < -0.39 is 0 Å². The van der Waals surface area contributed by atoms with Crippen molar-refractivity contribution < 1.29 is 4.74 Å². The van der Waals surface area contributed by atoms with Crippen LogP contribution in [-0.4, -0.2) is 84.6 Å². The Morgan fingerprint density at radius 1 is 0.542 bits per heavy atom. The van der Waals surface area contributed by atoms with Crippen LogP contribution in [0.1, 0.15) is 57.8 Å². The number of hydrazine groups is 1. The van der Waals surface area contributed by atoms with Crippen LogP contribution in [0.5, 0.6) is 0 Å². The van der Waals surface area contributed by atoms with E-state index in [2.05, 4.69) is 19.8 Å². The van der Waals surface area contributed by atoms with Crippen LogP contribution in [0, 0.1) is 0 Å². The van der Waals surface area contributed by atoms with Crippen molar-refractivity contribution in [1.82, 2.24) is 19.8 Å². The van der Waals surface area contributed by atoms with Crippen molar-refractivity contribution in [2.75, 3.05) is 59.0 Å². The second-order valence-corrected chi connectivity index (χ2v) is 8.02. The minimum absolute atomic E-state index is 0.130. The second kappa shape index (κ2) is 8.00. The molecule has 0 N–H and O–H groups in total. The first-order valence-electron chi connectivity index (χ1n) is 10.5. The molecule has 4 heterocycles. The number of hydrogen-bond donors (Lipinski definition) is 0. The van der Waals surface area contributed by atoms with Crippen molar-refractivity contribution in [1.29, 1.82) is 0 Å². The molecule has 1 atom stereocenters. The molecular weight excluding hydrogens is 300 g/mol. The molecule has 0 spiro atoms. The van der Waals surface area contributed by atoms with E-state index in [0.717, 1.165) is 26.3 Å². The summed E-state index contributed by atoms with van der Waals surface area (Å²) in [5, 5.41) is 5.55. The van der Waals surface area contributed by atoms with E-state index in [1.54, 1.807) is 0 Å². The summed E-state index contributed by atoms with van der Waals surface area (Å²) in [5.41, 5.74) is 0. The number of ether oxygens (including phenoxy) is 1. The van der Waals surface area contributed by atoms with Crippen LogP contribution in [0.15, 0.2) is 0 Å². The molecule has 0 aromatic rings. The summed E-state index contributed by atoms with van der Waals surface area (Å²) in [4.78, 5) is 5.66. The molecular formula is C19H36N4O. The van der Waals surface area contributed by atoms with E-state index >= 15 is 0 Å². The topological polar surface area (TPSA) is 22.2 Å². The van der Waals surface area contributed by atoms with Gasteiger partial charge in [-0.25, -0.2) is 10.0 Å². The van der Waals surface area contributed by atoms with E-state index in [-0.39, 0.29) is 5.79 Å². The van der Waals surface area contributed by atoms with E-state index in [4.69, 9.17) is 4.74 Å². The molecule has 0 saturated carbocycles. The SMILES string of the molecule is C1CCN(C2(N3CCOCC3)CCCCCN2N2CCCC2)CC1. The first-order valence-corrected chi connectivity index (χ1v) is 10.5. The summed E-state index contributed by atoms with van der Waals surface area (Å²) in [6, 6.07) is 0. The number of piperidine rings is 1. The second-order valence-electron chi connectivity index (χ2n) is 8.02. The molecule has 0 aromatic heterocycles. The zero-order valence-corrected chi connectivity index (χ0v) is 15.4. The minimum Gasteiger partial charge on any atom is -0.379 e. The van der Waals surface area contributed by atoms with E-state index in [1.165, 1.54) is 90.5 Å². The lowest BCUT2D eigenvalue weighted by atomic mass is 10.0. The van der Waals surface area contributed by atoms with Gasteiger partial charge >= 0.3 is 0 Å². The van der Waals surface area contributed by atoms with Crippen molar-refractivity contribution in [3.8, 4) is 0 Å². The Kier molecular flexibility index (Phi) is 5.74. The van der Waals surface area contributed by atoms with Gasteiger partial charge in [-0.1, -0.05) is 12.8 Å². The van der Waals surface area contributed by atoms with Crippen molar-refractivity contribution in [3.05, 3.63) is 0 Å². The Labute approximate surface area is 147 Å². The van der Waals surface area contributed by atoms with Crippen LogP contribution in [0.4, 0.5) is 0 Å². The van der Waals surface area contributed by atoms with Gasteiger partial charge in [0.25, 0.3) is 0 Å². The molecule has 4 rings (SSSR count). The number of nitrogens with zero attached hydrogens (tertiary/aromatic N) is 4. The number of morpholine rings is 1. The average Bonchev–Trinajstić information content (AvgIpc) is 3.09. The van der Waals surface area contributed by atoms with Gasteiger partial charge in [-0.15, -0.1) is 0 Å². The third kappa shape index (κ3) is 3.26. The largest absolute Gasteiger partial charge is 0.379 e. The quantitative estimate of drug-likeness (QED) is 0.787. The van der Waals surface area contributed by atoms with Gasteiger partial charge in [-0.2, -0.15) is 0 Å². The Morgan fingerprint density at radius 2 is 1.12 bits per heavy atom. The number of likely N-dealkylation sites (tertiary alicyclic amines) is 1. The van der Waals surface area contributed by atoms with Crippen molar-refractivity contribution >= 4 is 0 Å². The third-order valence-corrected chi connectivity index (χ3v) is 6.60. The van der Waals surface area contributed by atoms with Crippen molar-refractivity contribution in [2.24, 2.45) is 0 Å². The Morgan fingerprint density at radius 3 is 1.88 bits per heavy atom. The fourth-order valence-corrected chi connectivity index (χ4v) is 5.43. The lowest BCUT2D eigenvalue weighted by molar-refractivity contribution is -0.258. The highest BCUT2D eigenvalue weighted by Crippen LogP contribution is 2.38. The monoisotopic (exact) mass is 336 g/mol. The Bertz CT molecular complexity index is 369. The molecule has 0 aliphatic carbocycles. The van der Waals surface area contributed by atoms with Gasteiger partial charge in [0.15, 0.2) is 0 Å². The zero-order valence-electron chi connectivity index (χ0n) is 15.4. The van der Waals surface area contributed by atoms with E-state index in [0.29, 0.717) is 0 Å². The maximum absolute atomic E-state index is 5.72. The van der Waals surface area contributed by atoms with Gasteiger partial charge in [0.2, 0.25) is 0 Å². The van der Waals surface area contributed by atoms with Crippen LogP contribution in [-0.2, 0) is 4.74 Å². The minimum atomic E-state index is 0.130. The summed E-state index contributed by atoms with van der Waals surface area (Å²) in [6.45, 7) is 10.3. The molecule has 0 bridgehead atoms. The fourth-order valence-electron chi connectivity index (χ4n) is 5.43. The molecule has 5 nitrogen and oxygen atoms in total. The summed E-state index contributed by atoms with van der Waals surface area (Å²) < 4.78 is 5.72. The van der Waals surface area contributed by atoms with E-state index in [9.17, 15) is 0 Å². The molecule has 4 fully saturated rings. The molecule has 4 saturated heterocycles. The normalized spacial score (nSPS) is 36.0. The van der Waals surface area contributed by atoms with Crippen LogP contribution in [0.25, 0.3) is 0 Å². The molecule has 0 aromatic carbocycles. The predicted molar refractivity (Wildman–Crippen MR) is 96.5 cm³/mol. The fraction of sp³-hybridized carbons (Fsp3) is 1.00. The molecule has 4 aliphatic heterocycles. The molecule has 5 heteroatoms. The average molecular weight is 337 g/mol. The highest BCUT2D eigenvalue weighted by Gasteiger charge is 2.50. The third-order valence-electron chi connectivity index (χ3n) is 6.60. The molecule has 138 valence electrons. The summed E-state index contributed by atoms with van der Waals surface area (Å²) in [6.07, 6.45) is 12.3. The molecule has 24 heavy (non-hydrogen) atoms. The lowest BCUT2D eigenvalue weighted by Crippen LogP contribution is -2.74. The van der Waals surface area contributed by atoms with Crippen molar-refractivity contribution in [2.45, 2.75) is 63.6 Å². The standard InChI is InChI=1S/C19H36N4O/c1-3-9-19(20-10-4-2-5-11-20,21-15-17-24-18-16-21)23(14-6-1)22-12-7-8-13-22/h1-18H2. The van der Waals surface area contributed by atoms with E-state index in [1.807, 2.05) is 0 Å². The first kappa shape index (κ1) is 17.2. The molecule has 0 amide bonds. The van der Waals surface area contributed by atoms with Gasteiger partial charge < -0.3 is 4.74 Å². The van der Waals surface area contributed by atoms with Crippen LogP contribution in [0.3, 0.4) is 0 Å². The summed E-state index contributed by atoms with van der Waals surface area (Å²) >= 11 is 0. The summed E-state index contributed by atoms with van der Waals surface area (Å²) in [5.74, 6) is 0.130.